The van der Waals surface area contributed by atoms with Crippen LogP contribution in [0, 0.1) is 6.92 Å². The number of aromatic nitrogens is 4. The Morgan fingerprint density at radius 2 is 2.05 bits per heavy atom. The Labute approximate surface area is 126 Å². The lowest BCUT2D eigenvalue weighted by molar-refractivity contribution is 0.402. The van der Waals surface area contributed by atoms with Gasteiger partial charge in [0.1, 0.15) is 22.5 Å². The van der Waals surface area contributed by atoms with Crippen molar-refractivity contribution in [2.45, 2.75) is 11.8 Å². The maximum Gasteiger partial charge on any atom is 0.266 e. The van der Waals surface area contributed by atoms with Gasteiger partial charge in [-0.2, -0.15) is 0 Å². The highest BCUT2D eigenvalue weighted by Gasteiger charge is 2.22. The second kappa shape index (κ2) is 5.26. The van der Waals surface area contributed by atoms with Gasteiger partial charge in [-0.1, -0.05) is 6.07 Å². The van der Waals surface area contributed by atoms with E-state index in [2.05, 4.69) is 24.7 Å². The number of ether oxygens (including phenoxy) is 1. The first kappa shape index (κ1) is 14.3. The normalized spacial score (nSPS) is 11.5. The molecule has 0 saturated heterocycles. The van der Waals surface area contributed by atoms with Crippen LogP contribution in [0.1, 0.15) is 5.56 Å². The van der Waals surface area contributed by atoms with E-state index in [0.29, 0.717) is 11.2 Å². The second-order valence-corrected chi connectivity index (χ2v) is 6.23. The Morgan fingerprint density at radius 3 is 2.82 bits per heavy atom. The minimum Gasteiger partial charge on any atom is -0.495 e. The summed E-state index contributed by atoms with van der Waals surface area (Å²) in [6.45, 7) is 1.80. The van der Waals surface area contributed by atoms with Gasteiger partial charge in [-0.15, -0.1) is 0 Å². The fourth-order valence-electron chi connectivity index (χ4n) is 2.02. The Hall–Kier alpha value is -2.68. The van der Waals surface area contributed by atoms with Crippen LogP contribution < -0.4 is 9.46 Å². The third kappa shape index (κ3) is 2.46. The number of imidazole rings is 1. The van der Waals surface area contributed by atoms with Gasteiger partial charge in [0.05, 0.1) is 13.4 Å². The van der Waals surface area contributed by atoms with Crippen LogP contribution in [0.3, 0.4) is 0 Å². The quantitative estimate of drug-likeness (QED) is 0.753. The van der Waals surface area contributed by atoms with Crippen LogP contribution in [0.4, 0.5) is 5.82 Å². The molecule has 0 saturated carbocycles. The molecule has 0 radical (unpaired) electrons. The number of aryl methyl sites for hydroxylation is 1. The second-order valence-electron chi connectivity index (χ2n) is 4.58. The molecule has 0 amide bonds. The van der Waals surface area contributed by atoms with E-state index in [1.165, 1.54) is 25.8 Å². The van der Waals surface area contributed by atoms with Gasteiger partial charge >= 0.3 is 0 Å². The first-order valence-electron chi connectivity index (χ1n) is 6.33. The first-order chi connectivity index (χ1) is 10.5. The molecule has 22 heavy (non-hydrogen) atoms. The summed E-state index contributed by atoms with van der Waals surface area (Å²) < 4.78 is 32.8. The fourth-order valence-corrected chi connectivity index (χ4v) is 3.30. The number of fused-ring (bicyclic) bond motifs is 1. The summed E-state index contributed by atoms with van der Waals surface area (Å²) in [6, 6.07) is 4.91. The number of methoxy groups -OCH3 is 1. The van der Waals surface area contributed by atoms with Crippen molar-refractivity contribution in [3.8, 4) is 5.75 Å². The molecule has 0 aliphatic heterocycles. The zero-order valence-corrected chi connectivity index (χ0v) is 12.7. The molecule has 0 aliphatic carbocycles. The Morgan fingerprint density at radius 1 is 1.23 bits per heavy atom. The predicted molar refractivity (Wildman–Crippen MR) is 80.2 cm³/mol. The number of rotatable bonds is 4. The van der Waals surface area contributed by atoms with Crippen molar-refractivity contribution in [3.05, 3.63) is 36.4 Å². The fraction of sp³-hybridized carbons (Fsp3) is 0.154. The van der Waals surface area contributed by atoms with Gasteiger partial charge < -0.3 is 9.72 Å². The molecule has 1 aromatic carbocycles. The van der Waals surface area contributed by atoms with Crippen LogP contribution in [-0.2, 0) is 10.0 Å². The number of nitrogens with zero attached hydrogens (tertiary/aromatic N) is 3. The van der Waals surface area contributed by atoms with Gasteiger partial charge in [-0.25, -0.2) is 23.4 Å². The molecule has 2 N–H and O–H groups in total. The van der Waals surface area contributed by atoms with Crippen LogP contribution >= 0.6 is 0 Å². The van der Waals surface area contributed by atoms with Gasteiger partial charge in [-0.3, -0.25) is 4.72 Å². The number of benzene rings is 1. The number of hydrogen-bond acceptors (Lipinski definition) is 6. The Kier molecular flexibility index (Phi) is 3.41. The lowest BCUT2D eigenvalue weighted by Crippen LogP contribution is -2.15. The number of sulfonamides is 1. The third-order valence-electron chi connectivity index (χ3n) is 3.06. The third-order valence-corrected chi connectivity index (χ3v) is 4.42. The van der Waals surface area contributed by atoms with Crippen molar-refractivity contribution < 1.29 is 13.2 Å². The molecule has 0 fully saturated rings. The van der Waals surface area contributed by atoms with Crippen molar-refractivity contribution >= 4 is 27.0 Å². The number of nitrogens with one attached hydrogen (secondary N) is 2. The van der Waals surface area contributed by atoms with Crippen LogP contribution in [0.5, 0.6) is 5.75 Å². The molecule has 3 rings (SSSR count). The summed E-state index contributed by atoms with van der Waals surface area (Å²) in [7, 11) is -2.44. The standard InChI is InChI=1S/C13H13N5O3S/c1-8-3-4-9(21-2)10(5-8)22(19,20)18-13-11-12(15-6-14-11)16-7-17-13/h3-7H,1-2H3,(H2,14,15,16,17,18). The average molecular weight is 319 g/mol. The average Bonchev–Trinajstić information content (AvgIpc) is 2.96. The van der Waals surface area contributed by atoms with E-state index in [-0.39, 0.29) is 16.5 Å². The minimum atomic E-state index is -3.86. The van der Waals surface area contributed by atoms with E-state index in [0.717, 1.165) is 5.56 Å². The Bertz CT molecular complexity index is 936. The maximum atomic E-state index is 12.6. The molecule has 3 aromatic rings. The van der Waals surface area contributed by atoms with E-state index in [9.17, 15) is 8.42 Å². The molecule has 0 atom stereocenters. The summed E-state index contributed by atoms with van der Waals surface area (Å²) in [6.07, 6.45) is 2.67. The van der Waals surface area contributed by atoms with Gasteiger partial charge in [-0.05, 0) is 24.6 Å². The lowest BCUT2D eigenvalue weighted by atomic mass is 10.2. The highest BCUT2D eigenvalue weighted by Crippen LogP contribution is 2.27. The topological polar surface area (TPSA) is 110 Å². The van der Waals surface area contributed by atoms with Crippen LogP contribution in [0.25, 0.3) is 11.2 Å². The largest absolute Gasteiger partial charge is 0.495 e. The highest BCUT2D eigenvalue weighted by molar-refractivity contribution is 7.92. The predicted octanol–water partition coefficient (Wildman–Crippen LogP) is 1.47. The number of hydrogen-bond donors (Lipinski definition) is 2. The Balaban J connectivity index is 2.08. The molecule has 9 heteroatoms. The molecule has 114 valence electrons. The molecule has 0 unspecified atom stereocenters. The van der Waals surface area contributed by atoms with Crippen LogP contribution in [-0.4, -0.2) is 35.5 Å². The van der Waals surface area contributed by atoms with Crippen molar-refractivity contribution in [1.29, 1.82) is 0 Å². The van der Waals surface area contributed by atoms with Crippen molar-refractivity contribution in [3.63, 3.8) is 0 Å². The minimum absolute atomic E-state index is 0.0428. The molecule has 0 spiro atoms. The van der Waals surface area contributed by atoms with E-state index >= 15 is 0 Å². The zero-order chi connectivity index (χ0) is 15.7. The number of aromatic amines is 1. The van der Waals surface area contributed by atoms with Crippen LogP contribution in [0.15, 0.2) is 35.7 Å². The zero-order valence-electron chi connectivity index (χ0n) is 11.9. The summed E-state index contributed by atoms with van der Waals surface area (Å²) in [4.78, 5) is 14.7. The van der Waals surface area contributed by atoms with E-state index in [1.54, 1.807) is 19.1 Å². The van der Waals surface area contributed by atoms with Crippen LogP contribution in [0.2, 0.25) is 0 Å². The molecule has 0 bridgehead atoms. The van der Waals surface area contributed by atoms with E-state index < -0.39 is 10.0 Å². The van der Waals surface area contributed by atoms with Crippen molar-refractivity contribution in [1.82, 2.24) is 19.9 Å². The number of H-pyrrole nitrogens is 1. The van der Waals surface area contributed by atoms with Crippen molar-refractivity contribution in [2.75, 3.05) is 11.8 Å². The summed E-state index contributed by atoms with van der Waals surface area (Å²) >= 11 is 0. The van der Waals surface area contributed by atoms with E-state index in [4.69, 9.17) is 4.74 Å². The van der Waals surface area contributed by atoms with Crippen molar-refractivity contribution in [2.24, 2.45) is 0 Å². The molecule has 2 heterocycles. The highest BCUT2D eigenvalue weighted by atomic mass is 32.2. The monoisotopic (exact) mass is 319 g/mol. The van der Waals surface area contributed by atoms with E-state index in [1.807, 2.05) is 0 Å². The summed E-state index contributed by atoms with van der Waals surface area (Å²) in [5.41, 5.74) is 1.59. The van der Waals surface area contributed by atoms with Gasteiger partial charge in [0.2, 0.25) is 0 Å². The smallest absolute Gasteiger partial charge is 0.266 e. The van der Waals surface area contributed by atoms with Gasteiger partial charge in [0.15, 0.2) is 11.5 Å². The number of anilines is 1. The maximum absolute atomic E-state index is 12.6. The summed E-state index contributed by atoms with van der Waals surface area (Å²) in [5, 5.41) is 0. The summed E-state index contributed by atoms with van der Waals surface area (Å²) in [5.74, 6) is 0.388. The molecule has 8 nitrogen and oxygen atoms in total. The first-order valence-corrected chi connectivity index (χ1v) is 7.81. The lowest BCUT2D eigenvalue weighted by Gasteiger charge is -2.12. The SMILES string of the molecule is COc1ccc(C)cc1S(=O)(=O)Nc1ncnc2nc[nH]c12. The van der Waals surface area contributed by atoms with Gasteiger partial charge in [0.25, 0.3) is 10.0 Å². The molecular weight excluding hydrogens is 306 g/mol. The molecular formula is C13H13N5O3S. The molecule has 2 aromatic heterocycles. The van der Waals surface area contributed by atoms with Gasteiger partial charge in [0, 0.05) is 0 Å². The molecule has 0 aliphatic rings.